The van der Waals surface area contributed by atoms with Crippen molar-refractivity contribution >= 4 is 5.78 Å². The molecule has 0 bridgehead atoms. The van der Waals surface area contributed by atoms with E-state index in [4.69, 9.17) is 5.11 Å². The van der Waals surface area contributed by atoms with Gasteiger partial charge in [-0.2, -0.15) is 0 Å². The molecule has 4 heteroatoms. The zero-order valence-electron chi connectivity index (χ0n) is 7.03. The van der Waals surface area contributed by atoms with Gasteiger partial charge in [0.25, 0.3) is 0 Å². The van der Waals surface area contributed by atoms with Gasteiger partial charge < -0.3 is 15.3 Å². The van der Waals surface area contributed by atoms with Gasteiger partial charge in [-0.05, 0) is 19.8 Å². The van der Waals surface area contributed by atoms with Crippen molar-refractivity contribution in [1.29, 1.82) is 0 Å². The van der Waals surface area contributed by atoms with Crippen molar-refractivity contribution in [3.8, 4) is 0 Å². The minimum atomic E-state index is -1.93. The highest BCUT2D eigenvalue weighted by Gasteiger charge is 2.48. The highest BCUT2D eigenvalue weighted by atomic mass is 16.4. The quantitative estimate of drug-likeness (QED) is 0.487. The lowest BCUT2D eigenvalue weighted by atomic mass is 9.78. The number of hydrogen-bond acceptors (Lipinski definition) is 4. The van der Waals surface area contributed by atoms with Gasteiger partial charge in [0.2, 0.25) is 0 Å². The van der Waals surface area contributed by atoms with Crippen LogP contribution in [0.5, 0.6) is 0 Å². The molecule has 3 atom stereocenters. The van der Waals surface area contributed by atoms with E-state index in [1.807, 2.05) is 0 Å². The van der Waals surface area contributed by atoms with Crippen molar-refractivity contribution in [2.24, 2.45) is 0 Å². The van der Waals surface area contributed by atoms with Gasteiger partial charge in [0.15, 0.2) is 11.4 Å². The van der Waals surface area contributed by atoms with Gasteiger partial charge in [0, 0.05) is 6.42 Å². The fourth-order valence-electron chi connectivity index (χ4n) is 1.57. The maximum Gasteiger partial charge on any atom is 0.174 e. The van der Waals surface area contributed by atoms with Gasteiger partial charge in [-0.25, -0.2) is 0 Å². The smallest absolute Gasteiger partial charge is 0.174 e. The summed E-state index contributed by atoms with van der Waals surface area (Å²) >= 11 is 0. The lowest BCUT2D eigenvalue weighted by Gasteiger charge is -2.37. The van der Waals surface area contributed by atoms with Crippen LogP contribution in [0, 0.1) is 0 Å². The summed E-state index contributed by atoms with van der Waals surface area (Å²) in [6.45, 7) is 1.31. The third-order valence-electron chi connectivity index (χ3n) is 2.47. The predicted molar refractivity (Wildman–Crippen MR) is 41.5 cm³/mol. The Morgan fingerprint density at radius 3 is 2.58 bits per heavy atom. The van der Waals surface area contributed by atoms with Crippen LogP contribution in [0.4, 0.5) is 0 Å². The molecule has 0 aromatic carbocycles. The van der Waals surface area contributed by atoms with Crippen LogP contribution in [0.2, 0.25) is 0 Å². The highest BCUT2D eigenvalue weighted by molar-refractivity contribution is 5.89. The zero-order chi connectivity index (χ0) is 9.35. The van der Waals surface area contributed by atoms with E-state index in [0.29, 0.717) is 12.8 Å². The van der Waals surface area contributed by atoms with E-state index in [-0.39, 0.29) is 6.42 Å². The summed E-state index contributed by atoms with van der Waals surface area (Å²) < 4.78 is 0. The topological polar surface area (TPSA) is 77.8 Å². The summed E-state index contributed by atoms with van der Waals surface area (Å²) in [5.74, 6) is -0.462. The Morgan fingerprint density at radius 2 is 2.25 bits per heavy atom. The summed E-state index contributed by atoms with van der Waals surface area (Å²) in [5.41, 5.74) is -1.93. The second kappa shape index (κ2) is 3.12. The molecular weight excluding hydrogens is 160 g/mol. The standard InChI is InChI=1S/C8H14O4/c1-5(9)8(12)6(10)3-2-4-7(8)11/h5-6,9-10,12H,2-4H2,1H3/t5-,6-,8-/m1/s1. The molecule has 0 unspecified atom stereocenters. The molecule has 1 saturated carbocycles. The molecule has 1 aliphatic rings. The van der Waals surface area contributed by atoms with Crippen molar-refractivity contribution in [3.05, 3.63) is 0 Å². The normalized spacial score (nSPS) is 39.7. The second-order valence-corrected chi connectivity index (χ2v) is 3.33. The van der Waals surface area contributed by atoms with Crippen molar-refractivity contribution in [2.45, 2.75) is 44.0 Å². The summed E-state index contributed by atoms with van der Waals surface area (Å²) in [4.78, 5) is 11.2. The lowest BCUT2D eigenvalue weighted by molar-refractivity contribution is -0.176. The van der Waals surface area contributed by atoms with E-state index in [0.717, 1.165) is 0 Å². The monoisotopic (exact) mass is 174 g/mol. The first-order chi connectivity index (χ1) is 5.49. The van der Waals surface area contributed by atoms with E-state index in [1.165, 1.54) is 6.92 Å². The van der Waals surface area contributed by atoms with Crippen LogP contribution in [0.25, 0.3) is 0 Å². The number of carbonyl (C=O) groups excluding carboxylic acids is 1. The molecule has 70 valence electrons. The van der Waals surface area contributed by atoms with Crippen LogP contribution >= 0.6 is 0 Å². The number of aliphatic hydroxyl groups is 3. The van der Waals surface area contributed by atoms with Crippen LogP contribution < -0.4 is 0 Å². The SMILES string of the molecule is C[C@@H](O)[C@]1(O)C(=O)CCC[C@H]1O. The van der Waals surface area contributed by atoms with Gasteiger partial charge in [0.1, 0.15) is 0 Å². The Morgan fingerprint density at radius 1 is 1.67 bits per heavy atom. The molecular formula is C8H14O4. The Kier molecular flexibility index (Phi) is 2.51. The molecule has 0 amide bonds. The molecule has 1 rings (SSSR count). The Bertz CT molecular complexity index is 189. The van der Waals surface area contributed by atoms with Crippen molar-refractivity contribution < 1.29 is 20.1 Å². The van der Waals surface area contributed by atoms with Crippen molar-refractivity contribution in [1.82, 2.24) is 0 Å². The maximum absolute atomic E-state index is 11.2. The van der Waals surface area contributed by atoms with Crippen LogP contribution in [-0.2, 0) is 4.79 Å². The fraction of sp³-hybridized carbons (Fsp3) is 0.875. The summed E-state index contributed by atoms with van der Waals surface area (Å²) in [5, 5.41) is 28.1. The molecule has 0 aromatic heterocycles. The summed E-state index contributed by atoms with van der Waals surface area (Å²) in [6, 6.07) is 0. The maximum atomic E-state index is 11.2. The predicted octanol–water partition coefficient (Wildman–Crippen LogP) is -0.788. The number of ketones is 1. The third kappa shape index (κ3) is 1.26. The van der Waals surface area contributed by atoms with E-state index < -0.39 is 23.6 Å². The molecule has 4 nitrogen and oxygen atoms in total. The average Bonchev–Trinajstić information content (AvgIpc) is 1.99. The van der Waals surface area contributed by atoms with Crippen LogP contribution in [-0.4, -0.2) is 38.9 Å². The van der Waals surface area contributed by atoms with E-state index in [2.05, 4.69) is 0 Å². The number of hydrogen-bond donors (Lipinski definition) is 3. The van der Waals surface area contributed by atoms with Gasteiger partial charge in [-0.1, -0.05) is 0 Å². The lowest BCUT2D eigenvalue weighted by Crippen LogP contribution is -2.59. The van der Waals surface area contributed by atoms with Crippen LogP contribution in [0.15, 0.2) is 0 Å². The van der Waals surface area contributed by atoms with Gasteiger partial charge in [-0.15, -0.1) is 0 Å². The van der Waals surface area contributed by atoms with E-state index in [9.17, 15) is 15.0 Å². The fourth-order valence-corrected chi connectivity index (χ4v) is 1.57. The highest BCUT2D eigenvalue weighted by Crippen LogP contribution is 2.28. The van der Waals surface area contributed by atoms with Crippen molar-refractivity contribution in [2.75, 3.05) is 0 Å². The number of rotatable bonds is 1. The van der Waals surface area contributed by atoms with Crippen molar-refractivity contribution in [3.63, 3.8) is 0 Å². The number of aliphatic hydroxyl groups excluding tert-OH is 2. The molecule has 0 aliphatic heterocycles. The second-order valence-electron chi connectivity index (χ2n) is 3.33. The molecule has 0 spiro atoms. The van der Waals surface area contributed by atoms with Crippen LogP contribution in [0.3, 0.4) is 0 Å². The molecule has 3 N–H and O–H groups in total. The molecule has 0 heterocycles. The Balaban J connectivity index is 2.88. The molecule has 1 aliphatic carbocycles. The molecule has 0 radical (unpaired) electrons. The molecule has 1 fully saturated rings. The minimum absolute atomic E-state index is 0.235. The first-order valence-electron chi connectivity index (χ1n) is 4.11. The number of carbonyl (C=O) groups is 1. The molecule has 12 heavy (non-hydrogen) atoms. The average molecular weight is 174 g/mol. The first-order valence-corrected chi connectivity index (χ1v) is 4.11. The molecule has 0 saturated heterocycles. The van der Waals surface area contributed by atoms with Gasteiger partial charge in [0.05, 0.1) is 12.2 Å². The Hall–Kier alpha value is -0.450. The van der Waals surface area contributed by atoms with E-state index in [1.54, 1.807) is 0 Å². The minimum Gasteiger partial charge on any atom is -0.390 e. The van der Waals surface area contributed by atoms with E-state index >= 15 is 0 Å². The zero-order valence-corrected chi connectivity index (χ0v) is 7.03. The first kappa shape index (κ1) is 9.64. The van der Waals surface area contributed by atoms with Gasteiger partial charge in [-0.3, -0.25) is 4.79 Å². The largest absolute Gasteiger partial charge is 0.390 e. The van der Waals surface area contributed by atoms with Gasteiger partial charge >= 0.3 is 0 Å². The Labute approximate surface area is 70.8 Å². The summed E-state index contributed by atoms with van der Waals surface area (Å²) in [6.07, 6.45) is -1.15. The van der Waals surface area contributed by atoms with Crippen LogP contribution in [0.1, 0.15) is 26.2 Å². The summed E-state index contributed by atoms with van der Waals surface area (Å²) in [7, 11) is 0. The third-order valence-corrected chi connectivity index (χ3v) is 2.47. The number of Topliss-reactive ketones (excluding diaryl/α,β-unsaturated/α-hetero) is 1. The molecule has 0 aromatic rings.